The molecule has 4 heteroatoms. The van der Waals surface area contributed by atoms with Crippen LogP contribution in [0.25, 0.3) is 11.3 Å². The first-order chi connectivity index (χ1) is 11.3. The molecule has 1 aromatic carbocycles. The van der Waals surface area contributed by atoms with Crippen LogP contribution in [0.2, 0.25) is 0 Å². The van der Waals surface area contributed by atoms with Gasteiger partial charge in [0.2, 0.25) is 0 Å². The van der Waals surface area contributed by atoms with Crippen LogP contribution in [0.4, 0.5) is 0 Å². The summed E-state index contributed by atoms with van der Waals surface area (Å²) in [7, 11) is 0. The van der Waals surface area contributed by atoms with Crippen molar-refractivity contribution < 1.29 is 0 Å². The third kappa shape index (κ3) is 3.75. The van der Waals surface area contributed by atoms with Crippen LogP contribution in [0, 0.1) is 12.8 Å². The topological polar surface area (TPSA) is 60.9 Å². The average molecular weight is 327 g/mol. The fourth-order valence-corrected chi connectivity index (χ4v) is 2.86. The maximum Gasteiger partial charge on any atom is 0.271 e. The highest BCUT2D eigenvalue weighted by atomic mass is 16.1. The Labute approximate surface area is 144 Å². The van der Waals surface area contributed by atoms with Gasteiger partial charge in [0.25, 0.3) is 5.56 Å². The van der Waals surface area contributed by atoms with Crippen molar-refractivity contribution in [2.45, 2.75) is 59.5 Å². The van der Waals surface area contributed by atoms with Gasteiger partial charge >= 0.3 is 0 Å². The molecular weight excluding hydrogens is 298 g/mol. The number of rotatable bonds is 6. The van der Waals surface area contributed by atoms with Crippen LogP contribution in [0.15, 0.2) is 35.1 Å². The van der Waals surface area contributed by atoms with Crippen LogP contribution in [0.1, 0.15) is 51.7 Å². The van der Waals surface area contributed by atoms with Crippen molar-refractivity contribution in [1.82, 2.24) is 9.78 Å². The van der Waals surface area contributed by atoms with Crippen molar-refractivity contribution in [2.75, 3.05) is 0 Å². The lowest BCUT2D eigenvalue weighted by atomic mass is 9.86. The van der Waals surface area contributed by atoms with Gasteiger partial charge in [-0.25, -0.2) is 4.68 Å². The Kier molecular flexibility index (Phi) is 5.60. The third-order valence-electron chi connectivity index (χ3n) is 4.66. The lowest BCUT2D eigenvalue weighted by Gasteiger charge is -2.27. The Bertz CT molecular complexity index is 740. The van der Waals surface area contributed by atoms with E-state index in [1.54, 1.807) is 4.68 Å². The molecule has 0 atom stereocenters. The van der Waals surface area contributed by atoms with E-state index in [1.807, 2.05) is 32.0 Å². The fraction of sp³-hybridized carbons (Fsp3) is 0.500. The maximum atomic E-state index is 12.9. The SMILES string of the molecule is CCC(N)(CC)c1cc(-c2ccc(C)cc2)nn(CC(C)C)c1=O. The van der Waals surface area contributed by atoms with Crippen LogP contribution in [-0.4, -0.2) is 9.78 Å². The molecule has 2 aromatic rings. The van der Waals surface area contributed by atoms with E-state index >= 15 is 0 Å². The molecule has 1 aromatic heterocycles. The van der Waals surface area contributed by atoms with Crippen LogP contribution in [0.3, 0.4) is 0 Å². The molecule has 0 aliphatic carbocycles. The van der Waals surface area contributed by atoms with Gasteiger partial charge in [-0.1, -0.05) is 57.5 Å². The number of nitrogens with zero attached hydrogens (tertiary/aromatic N) is 2. The van der Waals surface area contributed by atoms with Gasteiger partial charge in [-0.2, -0.15) is 5.10 Å². The van der Waals surface area contributed by atoms with Gasteiger partial charge in [0, 0.05) is 23.2 Å². The van der Waals surface area contributed by atoms with Gasteiger partial charge < -0.3 is 5.73 Å². The molecule has 1 heterocycles. The van der Waals surface area contributed by atoms with Crippen LogP contribution in [-0.2, 0) is 12.1 Å². The largest absolute Gasteiger partial charge is 0.321 e. The van der Waals surface area contributed by atoms with Gasteiger partial charge in [-0.3, -0.25) is 4.79 Å². The average Bonchev–Trinajstić information content (AvgIpc) is 2.56. The quantitative estimate of drug-likeness (QED) is 0.876. The molecule has 0 spiro atoms. The minimum atomic E-state index is -0.613. The van der Waals surface area contributed by atoms with Crippen molar-refractivity contribution in [2.24, 2.45) is 11.7 Å². The third-order valence-corrected chi connectivity index (χ3v) is 4.66. The molecular formula is C20H29N3O. The summed E-state index contributed by atoms with van der Waals surface area (Å²) in [4.78, 5) is 12.9. The molecule has 0 saturated carbocycles. The van der Waals surface area contributed by atoms with E-state index < -0.39 is 5.54 Å². The highest BCUT2D eigenvalue weighted by molar-refractivity contribution is 5.60. The van der Waals surface area contributed by atoms with Crippen molar-refractivity contribution in [3.63, 3.8) is 0 Å². The smallest absolute Gasteiger partial charge is 0.271 e. The summed E-state index contributed by atoms with van der Waals surface area (Å²) in [6.07, 6.45) is 1.44. The number of hydrogen-bond acceptors (Lipinski definition) is 3. The van der Waals surface area contributed by atoms with Gasteiger partial charge in [0.05, 0.1) is 5.69 Å². The Morgan fingerprint density at radius 2 is 1.75 bits per heavy atom. The molecule has 0 unspecified atom stereocenters. The predicted molar refractivity (Wildman–Crippen MR) is 100.0 cm³/mol. The molecule has 0 radical (unpaired) electrons. The highest BCUT2D eigenvalue weighted by Gasteiger charge is 2.28. The Hall–Kier alpha value is -1.94. The summed E-state index contributed by atoms with van der Waals surface area (Å²) in [5.74, 6) is 0.340. The summed E-state index contributed by atoms with van der Waals surface area (Å²) in [5.41, 5.74) is 9.55. The molecule has 0 aliphatic heterocycles. The normalized spacial score (nSPS) is 12.0. The van der Waals surface area contributed by atoms with Gasteiger partial charge in [-0.15, -0.1) is 0 Å². The maximum absolute atomic E-state index is 12.9. The van der Waals surface area contributed by atoms with Crippen LogP contribution in [0.5, 0.6) is 0 Å². The van der Waals surface area contributed by atoms with E-state index in [-0.39, 0.29) is 5.56 Å². The highest BCUT2D eigenvalue weighted by Crippen LogP contribution is 2.26. The standard InChI is InChI=1S/C20H29N3O/c1-6-20(21,7-2)17-12-18(16-10-8-15(5)9-11-16)22-23(19(17)24)13-14(3)4/h8-12,14H,6-7,13,21H2,1-5H3. The summed E-state index contributed by atoms with van der Waals surface area (Å²) in [5, 5.41) is 4.60. The second-order valence-corrected chi connectivity index (χ2v) is 7.05. The first-order valence-corrected chi connectivity index (χ1v) is 8.79. The monoisotopic (exact) mass is 327 g/mol. The molecule has 0 fully saturated rings. The number of aryl methyl sites for hydroxylation is 1. The molecule has 2 N–H and O–H groups in total. The number of benzene rings is 1. The zero-order chi connectivity index (χ0) is 17.9. The number of aromatic nitrogens is 2. The lowest BCUT2D eigenvalue weighted by Crippen LogP contribution is -2.43. The zero-order valence-corrected chi connectivity index (χ0v) is 15.5. The van der Waals surface area contributed by atoms with Crippen molar-refractivity contribution >= 4 is 0 Å². The molecule has 0 bridgehead atoms. The van der Waals surface area contributed by atoms with Crippen molar-refractivity contribution in [1.29, 1.82) is 0 Å². The Morgan fingerprint density at radius 3 is 2.25 bits per heavy atom. The van der Waals surface area contributed by atoms with E-state index in [0.29, 0.717) is 18.0 Å². The van der Waals surface area contributed by atoms with Crippen LogP contribution < -0.4 is 11.3 Å². The fourth-order valence-electron chi connectivity index (χ4n) is 2.86. The summed E-state index contributed by atoms with van der Waals surface area (Å²) < 4.78 is 1.59. The Balaban J connectivity index is 2.68. The first-order valence-electron chi connectivity index (χ1n) is 8.79. The molecule has 130 valence electrons. The van der Waals surface area contributed by atoms with Crippen LogP contribution >= 0.6 is 0 Å². The molecule has 24 heavy (non-hydrogen) atoms. The van der Waals surface area contributed by atoms with Crippen molar-refractivity contribution in [3.8, 4) is 11.3 Å². The molecule has 0 amide bonds. The minimum absolute atomic E-state index is 0.0641. The second kappa shape index (κ2) is 7.31. The zero-order valence-electron chi connectivity index (χ0n) is 15.5. The van der Waals surface area contributed by atoms with Gasteiger partial charge in [0.15, 0.2) is 0 Å². The van der Waals surface area contributed by atoms with E-state index in [9.17, 15) is 4.79 Å². The van der Waals surface area contributed by atoms with E-state index in [2.05, 4.69) is 38.0 Å². The molecule has 2 rings (SSSR count). The predicted octanol–water partition coefficient (Wildman–Crippen LogP) is 3.85. The van der Waals surface area contributed by atoms with E-state index in [0.717, 1.165) is 24.1 Å². The second-order valence-electron chi connectivity index (χ2n) is 7.05. The van der Waals surface area contributed by atoms with Crippen molar-refractivity contribution in [3.05, 3.63) is 51.8 Å². The Morgan fingerprint density at radius 1 is 1.17 bits per heavy atom. The molecule has 4 nitrogen and oxygen atoms in total. The number of hydrogen-bond donors (Lipinski definition) is 1. The van der Waals surface area contributed by atoms with E-state index in [4.69, 9.17) is 5.73 Å². The minimum Gasteiger partial charge on any atom is -0.321 e. The molecule has 0 saturated heterocycles. The molecule has 0 aliphatic rings. The summed E-state index contributed by atoms with van der Waals surface area (Å²) in [6, 6.07) is 10.1. The lowest BCUT2D eigenvalue weighted by molar-refractivity contribution is 0.391. The van der Waals surface area contributed by atoms with Gasteiger partial charge in [-0.05, 0) is 31.7 Å². The summed E-state index contributed by atoms with van der Waals surface area (Å²) >= 11 is 0. The van der Waals surface area contributed by atoms with Gasteiger partial charge in [0.1, 0.15) is 0 Å². The number of nitrogens with two attached hydrogens (primary N) is 1. The first kappa shape index (κ1) is 18.4. The summed E-state index contributed by atoms with van der Waals surface area (Å²) in [6.45, 7) is 10.9. The van der Waals surface area contributed by atoms with E-state index in [1.165, 1.54) is 5.56 Å².